The standard InChI is InChI=1S/C18H30N2O/c1-2-4-9-16(10-5-3-1)19-15-17(18-11-8-14-21-18)20-12-6-7-13-20/h8,11,14,16-17,19H,1-7,9-10,12-13,15H2. The quantitative estimate of drug-likeness (QED) is 0.884. The van der Waals surface area contributed by atoms with Crippen molar-refractivity contribution in [2.24, 2.45) is 0 Å². The summed E-state index contributed by atoms with van der Waals surface area (Å²) in [5.41, 5.74) is 0. The normalized spacial score (nSPS) is 23.8. The number of hydrogen-bond donors (Lipinski definition) is 1. The second kappa shape index (κ2) is 8.00. The number of nitrogens with zero attached hydrogens (tertiary/aromatic N) is 1. The Morgan fingerprint density at radius 3 is 2.43 bits per heavy atom. The Morgan fingerprint density at radius 1 is 1.05 bits per heavy atom. The van der Waals surface area contributed by atoms with Crippen LogP contribution in [0.1, 0.15) is 69.6 Å². The Hall–Kier alpha value is -0.800. The average molecular weight is 290 g/mol. The van der Waals surface area contributed by atoms with Gasteiger partial charge < -0.3 is 9.73 Å². The molecule has 1 saturated heterocycles. The molecule has 0 amide bonds. The molecule has 1 aromatic rings. The number of rotatable bonds is 5. The Labute approximate surface area is 129 Å². The molecule has 1 aromatic heterocycles. The fraction of sp³-hybridized carbons (Fsp3) is 0.778. The monoisotopic (exact) mass is 290 g/mol. The van der Waals surface area contributed by atoms with Crippen LogP contribution in [0.4, 0.5) is 0 Å². The summed E-state index contributed by atoms with van der Waals surface area (Å²) in [6.45, 7) is 3.48. The first kappa shape index (κ1) is 15.1. The molecule has 3 rings (SSSR count). The van der Waals surface area contributed by atoms with Crippen LogP contribution in [0.2, 0.25) is 0 Å². The highest BCUT2D eigenvalue weighted by molar-refractivity contribution is 5.06. The third kappa shape index (κ3) is 4.33. The predicted octanol–water partition coefficient (Wildman–Crippen LogP) is 4.12. The van der Waals surface area contributed by atoms with E-state index >= 15 is 0 Å². The van der Waals surface area contributed by atoms with Gasteiger partial charge in [0.1, 0.15) is 5.76 Å². The lowest BCUT2D eigenvalue weighted by atomic mass is 9.96. The van der Waals surface area contributed by atoms with E-state index in [1.807, 2.05) is 12.3 Å². The van der Waals surface area contributed by atoms with Crippen molar-refractivity contribution in [1.82, 2.24) is 10.2 Å². The minimum atomic E-state index is 0.424. The number of likely N-dealkylation sites (tertiary alicyclic amines) is 1. The molecule has 1 aliphatic heterocycles. The smallest absolute Gasteiger partial charge is 0.122 e. The highest BCUT2D eigenvalue weighted by atomic mass is 16.3. The van der Waals surface area contributed by atoms with Gasteiger partial charge in [-0.2, -0.15) is 0 Å². The molecular formula is C18H30N2O. The van der Waals surface area contributed by atoms with Gasteiger partial charge in [-0.3, -0.25) is 4.90 Å². The average Bonchev–Trinajstić information content (AvgIpc) is 3.14. The first-order chi connectivity index (χ1) is 10.4. The summed E-state index contributed by atoms with van der Waals surface area (Å²) in [5.74, 6) is 1.13. The zero-order valence-corrected chi connectivity index (χ0v) is 13.2. The molecule has 0 aromatic carbocycles. The summed E-state index contributed by atoms with van der Waals surface area (Å²) in [4.78, 5) is 2.59. The van der Waals surface area contributed by atoms with Crippen LogP contribution in [0.3, 0.4) is 0 Å². The maximum Gasteiger partial charge on any atom is 0.122 e. The first-order valence-corrected chi connectivity index (χ1v) is 8.94. The summed E-state index contributed by atoms with van der Waals surface area (Å²) < 4.78 is 5.71. The van der Waals surface area contributed by atoms with Gasteiger partial charge in [-0.25, -0.2) is 0 Å². The molecule has 2 fully saturated rings. The molecule has 1 unspecified atom stereocenters. The van der Waals surface area contributed by atoms with Crippen LogP contribution >= 0.6 is 0 Å². The molecule has 3 heteroatoms. The Balaban J connectivity index is 1.56. The fourth-order valence-electron chi connectivity index (χ4n) is 3.88. The van der Waals surface area contributed by atoms with E-state index in [1.54, 1.807) is 0 Å². The molecule has 0 radical (unpaired) electrons. The molecule has 2 aliphatic rings. The summed E-state index contributed by atoms with van der Waals surface area (Å²) in [7, 11) is 0. The molecular weight excluding hydrogens is 260 g/mol. The van der Waals surface area contributed by atoms with E-state index in [2.05, 4.69) is 16.3 Å². The van der Waals surface area contributed by atoms with Gasteiger partial charge in [0.15, 0.2) is 0 Å². The SMILES string of the molecule is c1coc(C(CNC2CCCCCCC2)N2CCCC2)c1. The third-order valence-corrected chi connectivity index (χ3v) is 5.16. The van der Waals surface area contributed by atoms with E-state index in [4.69, 9.17) is 4.42 Å². The Morgan fingerprint density at radius 2 is 1.76 bits per heavy atom. The van der Waals surface area contributed by atoms with Gasteiger partial charge in [-0.05, 0) is 50.9 Å². The molecule has 0 spiro atoms. The van der Waals surface area contributed by atoms with Crippen molar-refractivity contribution in [1.29, 1.82) is 0 Å². The van der Waals surface area contributed by atoms with Gasteiger partial charge in [-0.15, -0.1) is 0 Å². The van der Waals surface area contributed by atoms with Crippen LogP contribution in [-0.2, 0) is 0 Å². The lowest BCUT2D eigenvalue weighted by molar-refractivity contribution is 0.201. The molecule has 1 aliphatic carbocycles. The molecule has 118 valence electrons. The number of nitrogens with one attached hydrogen (secondary N) is 1. The minimum Gasteiger partial charge on any atom is -0.468 e. The van der Waals surface area contributed by atoms with Crippen LogP contribution < -0.4 is 5.32 Å². The van der Waals surface area contributed by atoms with Crippen LogP contribution in [0.25, 0.3) is 0 Å². The second-order valence-electron chi connectivity index (χ2n) is 6.72. The highest BCUT2D eigenvalue weighted by Crippen LogP contribution is 2.26. The molecule has 21 heavy (non-hydrogen) atoms. The maximum absolute atomic E-state index is 5.71. The lowest BCUT2D eigenvalue weighted by Gasteiger charge is -2.29. The van der Waals surface area contributed by atoms with Crippen molar-refractivity contribution in [2.75, 3.05) is 19.6 Å². The van der Waals surface area contributed by atoms with E-state index in [9.17, 15) is 0 Å². The Bertz CT molecular complexity index is 376. The van der Waals surface area contributed by atoms with Crippen LogP contribution in [0.5, 0.6) is 0 Å². The summed E-state index contributed by atoms with van der Waals surface area (Å²) in [6, 6.07) is 5.30. The second-order valence-corrected chi connectivity index (χ2v) is 6.72. The summed E-state index contributed by atoms with van der Waals surface area (Å²) in [5, 5.41) is 3.85. The minimum absolute atomic E-state index is 0.424. The van der Waals surface area contributed by atoms with Crippen molar-refractivity contribution < 1.29 is 4.42 Å². The van der Waals surface area contributed by atoms with Gasteiger partial charge >= 0.3 is 0 Å². The van der Waals surface area contributed by atoms with E-state index in [-0.39, 0.29) is 0 Å². The molecule has 1 saturated carbocycles. The largest absolute Gasteiger partial charge is 0.468 e. The Kier molecular flexibility index (Phi) is 5.75. The number of furan rings is 1. The van der Waals surface area contributed by atoms with E-state index in [1.165, 1.54) is 70.9 Å². The zero-order valence-electron chi connectivity index (χ0n) is 13.2. The van der Waals surface area contributed by atoms with E-state index in [0.717, 1.165) is 12.3 Å². The molecule has 2 heterocycles. The third-order valence-electron chi connectivity index (χ3n) is 5.16. The van der Waals surface area contributed by atoms with Crippen molar-refractivity contribution >= 4 is 0 Å². The lowest BCUT2D eigenvalue weighted by Crippen LogP contribution is -2.39. The van der Waals surface area contributed by atoms with Crippen LogP contribution in [0, 0.1) is 0 Å². The van der Waals surface area contributed by atoms with Crippen molar-refractivity contribution in [3.8, 4) is 0 Å². The molecule has 1 N–H and O–H groups in total. The van der Waals surface area contributed by atoms with Gasteiger partial charge in [-0.1, -0.05) is 32.1 Å². The maximum atomic E-state index is 5.71. The molecule has 0 bridgehead atoms. The van der Waals surface area contributed by atoms with Crippen molar-refractivity contribution in [2.45, 2.75) is 69.9 Å². The zero-order chi connectivity index (χ0) is 14.3. The van der Waals surface area contributed by atoms with Gasteiger partial charge in [0.25, 0.3) is 0 Å². The van der Waals surface area contributed by atoms with Gasteiger partial charge in [0, 0.05) is 12.6 Å². The molecule has 3 nitrogen and oxygen atoms in total. The van der Waals surface area contributed by atoms with E-state index < -0.39 is 0 Å². The van der Waals surface area contributed by atoms with Crippen molar-refractivity contribution in [3.05, 3.63) is 24.2 Å². The van der Waals surface area contributed by atoms with Crippen molar-refractivity contribution in [3.63, 3.8) is 0 Å². The summed E-state index contributed by atoms with van der Waals surface area (Å²) in [6.07, 6.45) is 14.3. The fourth-order valence-corrected chi connectivity index (χ4v) is 3.88. The predicted molar refractivity (Wildman–Crippen MR) is 86.4 cm³/mol. The van der Waals surface area contributed by atoms with Gasteiger partial charge in [0.2, 0.25) is 0 Å². The topological polar surface area (TPSA) is 28.4 Å². The highest BCUT2D eigenvalue weighted by Gasteiger charge is 2.26. The van der Waals surface area contributed by atoms with Crippen LogP contribution in [-0.4, -0.2) is 30.6 Å². The first-order valence-electron chi connectivity index (χ1n) is 8.94. The summed E-state index contributed by atoms with van der Waals surface area (Å²) >= 11 is 0. The molecule has 1 atom stereocenters. The number of hydrogen-bond acceptors (Lipinski definition) is 3. The van der Waals surface area contributed by atoms with Crippen LogP contribution in [0.15, 0.2) is 22.8 Å². The van der Waals surface area contributed by atoms with E-state index in [0.29, 0.717) is 12.1 Å². The van der Waals surface area contributed by atoms with Gasteiger partial charge in [0.05, 0.1) is 12.3 Å².